The van der Waals surface area contributed by atoms with Crippen LogP contribution in [0, 0.1) is 11.7 Å². The molecule has 2 rings (SSSR count). The first-order valence-corrected chi connectivity index (χ1v) is 8.92. The molecule has 21 heavy (non-hydrogen) atoms. The molecule has 0 spiro atoms. The van der Waals surface area contributed by atoms with Crippen molar-refractivity contribution in [1.82, 2.24) is 5.32 Å². The maximum Gasteiger partial charge on any atom is 0.126 e. The summed E-state index contributed by atoms with van der Waals surface area (Å²) in [5.74, 6) is 0.288. The summed E-state index contributed by atoms with van der Waals surface area (Å²) < 4.78 is 15.0. The van der Waals surface area contributed by atoms with Gasteiger partial charge in [-0.25, -0.2) is 4.39 Å². The van der Waals surface area contributed by atoms with E-state index in [9.17, 15) is 4.39 Å². The lowest BCUT2D eigenvalue weighted by molar-refractivity contribution is 0.439. The van der Waals surface area contributed by atoms with Crippen molar-refractivity contribution in [3.05, 3.63) is 56.4 Å². The first kappa shape index (κ1) is 16.7. The Hall–Kier alpha value is -0.710. The normalized spacial score (nSPS) is 12.8. The highest BCUT2D eigenvalue weighted by molar-refractivity contribution is 9.10. The molecule has 4 heteroatoms. The Kier molecular flexibility index (Phi) is 6.40. The smallest absolute Gasteiger partial charge is 0.126 e. The Balaban J connectivity index is 2.08. The number of hydrogen-bond acceptors (Lipinski definition) is 2. The first-order chi connectivity index (χ1) is 10.1. The number of halogens is 2. The van der Waals surface area contributed by atoms with E-state index in [0.29, 0.717) is 12.0 Å². The number of nitrogens with one attached hydrogen (secondary N) is 1. The summed E-state index contributed by atoms with van der Waals surface area (Å²) in [6, 6.07) is 9.61. The fourth-order valence-corrected chi connectivity index (χ4v) is 3.96. The molecule has 0 radical (unpaired) electrons. The molecule has 2 aromatic rings. The lowest BCUT2D eigenvalue weighted by atomic mass is 9.95. The van der Waals surface area contributed by atoms with E-state index in [2.05, 4.69) is 46.5 Å². The second kappa shape index (κ2) is 8.06. The number of thiophene rings is 1. The van der Waals surface area contributed by atoms with Crippen molar-refractivity contribution in [3.63, 3.8) is 0 Å². The molecular formula is C17H21BrFNS. The van der Waals surface area contributed by atoms with E-state index in [4.69, 9.17) is 0 Å². The molecule has 1 nitrogen and oxygen atoms in total. The van der Waals surface area contributed by atoms with Crippen molar-refractivity contribution in [2.24, 2.45) is 5.92 Å². The van der Waals surface area contributed by atoms with Crippen LogP contribution in [0.2, 0.25) is 0 Å². The van der Waals surface area contributed by atoms with E-state index in [1.54, 1.807) is 23.5 Å². The second-order valence-electron chi connectivity index (χ2n) is 5.62. The summed E-state index contributed by atoms with van der Waals surface area (Å²) in [7, 11) is 0. The molecule has 0 saturated carbocycles. The average Bonchev–Trinajstić information content (AvgIpc) is 2.84. The lowest BCUT2D eigenvalue weighted by Crippen LogP contribution is -2.31. The predicted molar refractivity (Wildman–Crippen MR) is 92.5 cm³/mol. The van der Waals surface area contributed by atoms with Gasteiger partial charge in [-0.3, -0.25) is 0 Å². The molecule has 0 aliphatic heterocycles. The Morgan fingerprint density at radius 1 is 1.19 bits per heavy atom. The zero-order chi connectivity index (χ0) is 15.2. The Morgan fingerprint density at radius 3 is 2.57 bits per heavy atom. The van der Waals surface area contributed by atoms with Crippen LogP contribution in [-0.2, 0) is 12.8 Å². The van der Waals surface area contributed by atoms with Crippen LogP contribution in [0.1, 0.15) is 24.3 Å². The van der Waals surface area contributed by atoms with E-state index < -0.39 is 0 Å². The van der Waals surface area contributed by atoms with Crippen molar-refractivity contribution >= 4 is 27.3 Å². The molecule has 1 atom stereocenters. The molecule has 1 N–H and O–H groups in total. The average molecular weight is 370 g/mol. The molecule has 1 aromatic heterocycles. The highest BCUT2D eigenvalue weighted by Crippen LogP contribution is 2.27. The standard InChI is InChI=1S/C17H21BrFNS/c1-12(2)20-11-13(10-17-15(18)7-8-21-17)9-14-5-3-4-6-16(14)19/h3-8,12-13,20H,9-11H2,1-2H3. The Labute approximate surface area is 138 Å². The van der Waals surface area contributed by atoms with Crippen LogP contribution in [0.3, 0.4) is 0 Å². The fourth-order valence-electron chi connectivity index (χ4n) is 2.33. The van der Waals surface area contributed by atoms with Gasteiger partial charge in [0.05, 0.1) is 0 Å². The molecule has 0 bridgehead atoms. The molecule has 0 fully saturated rings. The minimum Gasteiger partial charge on any atom is -0.314 e. The first-order valence-electron chi connectivity index (χ1n) is 7.25. The molecule has 114 valence electrons. The SMILES string of the molecule is CC(C)NCC(Cc1ccccc1F)Cc1sccc1Br. The van der Waals surface area contributed by atoms with Gasteiger partial charge in [0.25, 0.3) is 0 Å². The fraction of sp³-hybridized carbons (Fsp3) is 0.412. The Morgan fingerprint density at radius 2 is 1.95 bits per heavy atom. The van der Waals surface area contributed by atoms with E-state index in [1.165, 1.54) is 4.88 Å². The molecule has 0 saturated heterocycles. The third kappa shape index (κ3) is 5.20. The van der Waals surface area contributed by atoms with Gasteiger partial charge < -0.3 is 5.32 Å². The molecular weight excluding hydrogens is 349 g/mol. The van der Waals surface area contributed by atoms with Crippen LogP contribution in [0.15, 0.2) is 40.2 Å². The van der Waals surface area contributed by atoms with Crippen LogP contribution in [0.5, 0.6) is 0 Å². The maximum atomic E-state index is 13.9. The maximum absolute atomic E-state index is 13.9. The largest absolute Gasteiger partial charge is 0.314 e. The zero-order valence-corrected chi connectivity index (χ0v) is 14.8. The lowest BCUT2D eigenvalue weighted by Gasteiger charge is -2.19. The van der Waals surface area contributed by atoms with E-state index >= 15 is 0 Å². The van der Waals surface area contributed by atoms with Crippen LogP contribution < -0.4 is 5.32 Å². The van der Waals surface area contributed by atoms with Gasteiger partial charge in [-0.15, -0.1) is 11.3 Å². The molecule has 1 heterocycles. The summed E-state index contributed by atoms with van der Waals surface area (Å²) in [6.07, 6.45) is 1.73. The van der Waals surface area contributed by atoms with Gasteiger partial charge in [0.15, 0.2) is 0 Å². The van der Waals surface area contributed by atoms with Crippen molar-refractivity contribution in [1.29, 1.82) is 0 Å². The number of rotatable bonds is 7. The predicted octanol–water partition coefficient (Wildman–Crippen LogP) is 5.05. The van der Waals surface area contributed by atoms with Gasteiger partial charge in [0.1, 0.15) is 5.82 Å². The topological polar surface area (TPSA) is 12.0 Å². The van der Waals surface area contributed by atoms with Crippen LogP contribution in [0.4, 0.5) is 4.39 Å². The van der Waals surface area contributed by atoms with Crippen molar-refractivity contribution in [3.8, 4) is 0 Å². The molecule has 1 aromatic carbocycles. The quantitative estimate of drug-likeness (QED) is 0.719. The molecule has 0 amide bonds. The molecule has 0 aliphatic carbocycles. The summed E-state index contributed by atoms with van der Waals surface area (Å²) >= 11 is 5.35. The minimum absolute atomic E-state index is 0.0997. The van der Waals surface area contributed by atoms with E-state index in [-0.39, 0.29) is 5.82 Å². The molecule has 0 aliphatic rings. The van der Waals surface area contributed by atoms with E-state index in [0.717, 1.165) is 29.4 Å². The van der Waals surface area contributed by atoms with Gasteiger partial charge in [-0.1, -0.05) is 32.0 Å². The van der Waals surface area contributed by atoms with Crippen molar-refractivity contribution < 1.29 is 4.39 Å². The second-order valence-corrected chi connectivity index (χ2v) is 7.48. The van der Waals surface area contributed by atoms with E-state index in [1.807, 2.05) is 12.1 Å². The van der Waals surface area contributed by atoms with Crippen LogP contribution in [-0.4, -0.2) is 12.6 Å². The summed E-state index contributed by atoms with van der Waals surface area (Å²) in [4.78, 5) is 1.34. The van der Waals surface area contributed by atoms with Gasteiger partial charge in [-0.2, -0.15) is 0 Å². The van der Waals surface area contributed by atoms with Gasteiger partial charge in [-0.05, 0) is 64.3 Å². The third-order valence-corrected chi connectivity index (χ3v) is 5.39. The van der Waals surface area contributed by atoms with Crippen molar-refractivity contribution in [2.75, 3.05) is 6.54 Å². The summed E-state index contributed by atoms with van der Waals surface area (Å²) in [6.45, 7) is 5.18. The number of hydrogen-bond donors (Lipinski definition) is 1. The third-order valence-electron chi connectivity index (χ3n) is 3.45. The summed E-state index contributed by atoms with van der Waals surface area (Å²) in [5, 5.41) is 5.58. The van der Waals surface area contributed by atoms with Crippen molar-refractivity contribution in [2.45, 2.75) is 32.7 Å². The van der Waals surface area contributed by atoms with Gasteiger partial charge >= 0.3 is 0 Å². The zero-order valence-electron chi connectivity index (χ0n) is 12.4. The van der Waals surface area contributed by atoms with Crippen LogP contribution >= 0.6 is 27.3 Å². The van der Waals surface area contributed by atoms with Gasteiger partial charge in [0, 0.05) is 15.4 Å². The van der Waals surface area contributed by atoms with Crippen LogP contribution in [0.25, 0.3) is 0 Å². The highest BCUT2D eigenvalue weighted by atomic mass is 79.9. The van der Waals surface area contributed by atoms with Gasteiger partial charge in [0.2, 0.25) is 0 Å². The number of benzene rings is 1. The highest BCUT2D eigenvalue weighted by Gasteiger charge is 2.15. The minimum atomic E-state index is -0.0997. The molecule has 1 unspecified atom stereocenters. The monoisotopic (exact) mass is 369 g/mol. The Bertz CT molecular complexity index is 567. The summed E-state index contributed by atoms with van der Waals surface area (Å²) in [5.41, 5.74) is 0.806.